The second-order valence-electron chi connectivity index (χ2n) is 5.80. The van der Waals surface area contributed by atoms with Crippen LogP contribution >= 0.6 is 11.8 Å². The average molecular weight is 307 g/mol. The Balaban J connectivity index is 1.64. The summed E-state index contributed by atoms with van der Waals surface area (Å²) in [5, 5.41) is 3.17. The summed E-state index contributed by atoms with van der Waals surface area (Å²) in [6.07, 6.45) is 5.34. The number of benzene rings is 1. The van der Waals surface area contributed by atoms with Crippen molar-refractivity contribution in [1.29, 1.82) is 0 Å². The van der Waals surface area contributed by atoms with Crippen molar-refractivity contribution >= 4 is 17.7 Å². The van der Waals surface area contributed by atoms with Crippen molar-refractivity contribution < 1.29 is 9.53 Å². The zero-order valence-electron chi connectivity index (χ0n) is 12.9. The SMILES string of the molecule is COc1ccc(SCCC(=O)NC2CCC(C)CC2)cc1. The largest absolute Gasteiger partial charge is 0.497 e. The number of hydrogen-bond donors (Lipinski definition) is 1. The van der Waals surface area contributed by atoms with E-state index in [4.69, 9.17) is 4.74 Å². The summed E-state index contributed by atoms with van der Waals surface area (Å²) < 4.78 is 5.13. The van der Waals surface area contributed by atoms with E-state index in [1.54, 1.807) is 18.9 Å². The van der Waals surface area contributed by atoms with E-state index in [1.165, 1.54) is 17.7 Å². The van der Waals surface area contributed by atoms with Crippen LogP contribution in [0.5, 0.6) is 5.75 Å². The highest BCUT2D eigenvalue weighted by molar-refractivity contribution is 7.99. The summed E-state index contributed by atoms with van der Waals surface area (Å²) >= 11 is 1.71. The molecule has 1 aromatic rings. The van der Waals surface area contributed by atoms with Crippen molar-refractivity contribution in [3.05, 3.63) is 24.3 Å². The lowest BCUT2D eigenvalue weighted by Crippen LogP contribution is -2.37. The van der Waals surface area contributed by atoms with E-state index < -0.39 is 0 Å². The molecule has 21 heavy (non-hydrogen) atoms. The van der Waals surface area contributed by atoms with Gasteiger partial charge in [0.25, 0.3) is 0 Å². The molecule has 3 nitrogen and oxygen atoms in total. The Labute approximate surface area is 131 Å². The van der Waals surface area contributed by atoms with Gasteiger partial charge in [-0.1, -0.05) is 6.92 Å². The van der Waals surface area contributed by atoms with Gasteiger partial charge in [-0.3, -0.25) is 4.79 Å². The van der Waals surface area contributed by atoms with Crippen LogP contribution in [0.15, 0.2) is 29.2 Å². The van der Waals surface area contributed by atoms with Gasteiger partial charge < -0.3 is 10.1 Å². The van der Waals surface area contributed by atoms with Gasteiger partial charge in [0.15, 0.2) is 0 Å². The van der Waals surface area contributed by atoms with Crippen LogP contribution in [0, 0.1) is 5.92 Å². The Hall–Kier alpha value is -1.16. The molecule has 116 valence electrons. The molecule has 0 aromatic heterocycles. The van der Waals surface area contributed by atoms with E-state index >= 15 is 0 Å². The maximum Gasteiger partial charge on any atom is 0.221 e. The van der Waals surface area contributed by atoms with Crippen molar-refractivity contribution in [3.63, 3.8) is 0 Å². The fraction of sp³-hybridized carbons (Fsp3) is 0.588. The molecule has 1 aromatic carbocycles. The molecule has 0 radical (unpaired) electrons. The molecule has 0 heterocycles. The van der Waals surface area contributed by atoms with E-state index in [0.29, 0.717) is 12.5 Å². The minimum atomic E-state index is 0.190. The number of amides is 1. The molecule has 0 spiro atoms. The fourth-order valence-electron chi connectivity index (χ4n) is 2.64. The molecule has 1 saturated carbocycles. The average Bonchev–Trinajstić information content (AvgIpc) is 2.50. The predicted molar refractivity (Wildman–Crippen MR) is 87.9 cm³/mol. The minimum Gasteiger partial charge on any atom is -0.497 e. The van der Waals surface area contributed by atoms with Crippen LogP contribution < -0.4 is 10.1 Å². The van der Waals surface area contributed by atoms with Crippen molar-refractivity contribution in [2.45, 2.75) is 50.0 Å². The van der Waals surface area contributed by atoms with E-state index in [-0.39, 0.29) is 5.91 Å². The highest BCUT2D eigenvalue weighted by Crippen LogP contribution is 2.24. The lowest BCUT2D eigenvalue weighted by Gasteiger charge is -2.26. The first-order valence-electron chi connectivity index (χ1n) is 7.73. The van der Waals surface area contributed by atoms with E-state index in [9.17, 15) is 4.79 Å². The molecular weight excluding hydrogens is 282 g/mol. The summed E-state index contributed by atoms with van der Waals surface area (Å²) in [6, 6.07) is 8.37. The molecule has 1 aliphatic rings. The molecule has 1 amide bonds. The van der Waals surface area contributed by atoms with Gasteiger partial charge in [-0.2, -0.15) is 0 Å². The molecule has 0 saturated heterocycles. The second kappa shape index (κ2) is 8.32. The van der Waals surface area contributed by atoms with Crippen LogP contribution in [0.25, 0.3) is 0 Å². The highest BCUT2D eigenvalue weighted by Gasteiger charge is 2.19. The van der Waals surface area contributed by atoms with Gasteiger partial charge in [0.1, 0.15) is 5.75 Å². The summed E-state index contributed by atoms with van der Waals surface area (Å²) in [5.74, 6) is 2.70. The maximum absolute atomic E-state index is 11.9. The molecule has 0 aliphatic heterocycles. The zero-order valence-corrected chi connectivity index (χ0v) is 13.7. The number of nitrogens with one attached hydrogen (secondary N) is 1. The molecule has 0 unspecified atom stereocenters. The molecule has 4 heteroatoms. The van der Waals surface area contributed by atoms with Crippen molar-refractivity contribution in [3.8, 4) is 5.75 Å². The highest BCUT2D eigenvalue weighted by atomic mass is 32.2. The van der Waals surface area contributed by atoms with Gasteiger partial charge in [0, 0.05) is 23.1 Å². The first-order valence-corrected chi connectivity index (χ1v) is 8.72. The van der Waals surface area contributed by atoms with Crippen LogP contribution in [0.4, 0.5) is 0 Å². The van der Waals surface area contributed by atoms with Gasteiger partial charge in [0.05, 0.1) is 7.11 Å². The minimum absolute atomic E-state index is 0.190. The molecule has 1 aliphatic carbocycles. The molecule has 1 N–H and O–H groups in total. The van der Waals surface area contributed by atoms with E-state index in [2.05, 4.69) is 12.2 Å². The van der Waals surface area contributed by atoms with Crippen LogP contribution in [-0.4, -0.2) is 24.8 Å². The Kier molecular flexibility index (Phi) is 6.43. The lowest BCUT2D eigenvalue weighted by molar-refractivity contribution is -0.121. The van der Waals surface area contributed by atoms with Crippen LogP contribution in [0.2, 0.25) is 0 Å². The number of hydrogen-bond acceptors (Lipinski definition) is 3. The Morgan fingerprint density at radius 2 is 1.90 bits per heavy atom. The number of methoxy groups -OCH3 is 1. The summed E-state index contributed by atoms with van der Waals surface area (Å²) in [5.41, 5.74) is 0. The third-order valence-corrected chi connectivity index (χ3v) is 5.05. The first-order chi connectivity index (χ1) is 10.2. The third kappa shape index (κ3) is 5.62. The summed E-state index contributed by atoms with van der Waals surface area (Å²) in [6.45, 7) is 2.30. The molecule has 1 fully saturated rings. The number of carbonyl (C=O) groups is 1. The number of thioether (sulfide) groups is 1. The van der Waals surface area contributed by atoms with Gasteiger partial charge in [0.2, 0.25) is 5.91 Å². The number of rotatable bonds is 6. The monoisotopic (exact) mass is 307 g/mol. The van der Waals surface area contributed by atoms with Crippen LogP contribution in [0.1, 0.15) is 39.0 Å². The molecule has 2 rings (SSSR count). The van der Waals surface area contributed by atoms with Gasteiger partial charge in [-0.15, -0.1) is 11.8 Å². The van der Waals surface area contributed by atoms with Gasteiger partial charge >= 0.3 is 0 Å². The van der Waals surface area contributed by atoms with Crippen LogP contribution in [-0.2, 0) is 4.79 Å². The summed E-state index contributed by atoms with van der Waals surface area (Å²) in [4.78, 5) is 13.1. The second-order valence-corrected chi connectivity index (χ2v) is 6.97. The molecular formula is C17H25NO2S. The van der Waals surface area contributed by atoms with Gasteiger partial charge in [-0.25, -0.2) is 0 Å². The number of carbonyl (C=O) groups excluding carboxylic acids is 1. The van der Waals surface area contributed by atoms with Gasteiger partial charge in [-0.05, 0) is 55.9 Å². The standard InChI is InChI=1S/C17H25NO2S/c1-13-3-5-14(6-4-13)18-17(19)11-12-21-16-9-7-15(20-2)8-10-16/h7-10,13-14H,3-6,11-12H2,1-2H3,(H,18,19). The lowest BCUT2D eigenvalue weighted by atomic mass is 9.87. The fourth-order valence-corrected chi connectivity index (χ4v) is 3.49. The maximum atomic E-state index is 11.9. The van der Waals surface area contributed by atoms with Crippen molar-refractivity contribution in [1.82, 2.24) is 5.32 Å². The van der Waals surface area contributed by atoms with E-state index in [1.807, 2.05) is 24.3 Å². The van der Waals surface area contributed by atoms with Crippen molar-refractivity contribution in [2.24, 2.45) is 5.92 Å². The smallest absolute Gasteiger partial charge is 0.221 e. The quantitative estimate of drug-likeness (QED) is 0.811. The normalized spacial score (nSPS) is 21.8. The summed E-state index contributed by atoms with van der Waals surface area (Å²) in [7, 11) is 1.67. The van der Waals surface area contributed by atoms with Crippen molar-refractivity contribution in [2.75, 3.05) is 12.9 Å². The first kappa shape index (κ1) is 16.2. The van der Waals surface area contributed by atoms with E-state index in [0.717, 1.165) is 30.3 Å². The Morgan fingerprint density at radius 3 is 2.52 bits per heavy atom. The molecule has 0 bridgehead atoms. The topological polar surface area (TPSA) is 38.3 Å². The zero-order chi connectivity index (χ0) is 15.1. The van der Waals surface area contributed by atoms with Crippen LogP contribution in [0.3, 0.4) is 0 Å². The predicted octanol–water partition coefficient (Wildman–Crippen LogP) is 3.87. The number of ether oxygens (including phenoxy) is 1. The third-order valence-electron chi connectivity index (χ3n) is 4.04. The Bertz CT molecular complexity index is 439. The Morgan fingerprint density at radius 1 is 1.24 bits per heavy atom. The molecule has 0 atom stereocenters.